The third-order valence-electron chi connectivity index (χ3n) is 7.48. The van der Waals surface area contributed by atoms with Crippen molar-refractivity contribution in [3.63, 3.8) is 0 Å². The summed E-state index contributed by atoms with van der Waals surface area (Å²) in [6, 6.07) is 4.80. The van der Waals surface area contributed by atoms with Crippen LogP contribution >= 0.6 is 11.3 Å². The molecule has 1 aromatic carbocycles. The lowest BCUT2D eigenvalue weighted by Gasteiger charge is -2.36. The molecule has 6 rings (SSSR count). The molecule has 3 bridgehead atoms. The number of aromatic hydroxyl groups is 2. The van der Waals surface area contributed by atoms with E-state index >= 15 is 0 Å². The van der Waals surface area contributed by atoms with Gasteiger partial charge in [0, 0.05) is 28.6 Å². The Bertz CT molecular complexity index is 1030. The first-order chi connectivity index (χ1) is 13.1. The Hall–Kier alpha value is -2.01. The minimum absolute atomic E-state index is 0.0821. The van der Waals surface area contributed by atoms with Gasteiger partial charge in [-0.1, -0.05) is 19.3 Å². The fourth-order valence-corrected chi connectivity index (χ4v) is 7.31. The Labute approximate surface area is 162 Å². The van der Waals surface area contributed by atoms with E-state index in [0.717, 1.165) is 34.0 Å². The maximum atomic E-state index is 10.3. The number of nitrogens with zero attached hydrogens (tertiary/aromatic N) is 2. The molecule has 0 aliphatic heterocycles. The van der Waals surface area contributed by atoms with Gasteiger partial charge in [-0.25, -0.2) is 4.98 Å². The second-order valence-electron chi connectivity index (χ2n) is 9.05. The number of fused-ring (bicyclic) bond motifs is 3. The van der Waals surface area contributed by atoms with Crippen LogP contribution in [0.1, 0.15) is 50.6 Å². The highest BCUT2D eigenvalue weighted by Gasteiger charge is 2.53. The van der Waals surface area contributed by atoms with Gasteiger partial charge in [0.15, 0.2) is 4.96 Å². The topological polar surface area (TPSA) is 57.8 Å². The minimum Gasteiger partial charge on any atom is -0.508 e. The van der Waals surface area contributed by atoms with E-state index in [0.29, 0.717) is 0 Å². The Morgan fingerprint density at radius 3 is 2.89 bits per heavy atom. The van der Waals surface area contributed by atoms with Crippen LogP contribution in [0.3, 0.4) is 0 Å². The van der Waals surface area contributed by atoms with Gasteiger partial charge in [0.2, 0.25) is 0 Å². The number of rotatable bonds is 2. The number of imidazole rings is 1. The molecule has 2 heterocycles. The summed E-state index contributed by atoms with van der Waals surface area (Å²) in [7, 11) is 0. The van der Waals surface area contributed by atoms with Crippen LogP contribution < -0.4 is 0 Å². The van der Waals surface area contributed by atoms with Crippen LogP contribution in [-0.2, 0) is 5.41 Å². The van der Waals surface area contributed by atoms with Crippen molar-refractivity contribution in [2.24, 2.45) is 17.8 Å². The van der Waals surface area contributed by atoms with Crippen molar-refractivity contribution in [2.75, 3.05) is 0 Å². The average molecular weight is 381 g/mol. The monoisotopic (exact) mass is 380 g/mol. The maximum Gasteiger partial charge on any atom is 0.194 e. The largest absolute Gasteiger partial charge is 0.508 e. The fourth-order valence-electron chi connectivity index (χ4n) is 6.44. The molecule has 3 aliphatic rings. The fraction of sp³-hybridized carbons (Fsp3) is 0.500. The lowest BCUT2D eigenvalue weighted by atomic mass is 9.68. The van der Waals surface area contributed by atoms with Gasteiger partial charge in [-0.3, -0.25) is 4.40 Å². The molecule has 27 heavy (non-hydrogen) atoms. The van der Waals surface area contributed by atoms with E-state index in [4.69, 9.17) is 4.98 Å². The minimum atomic E-state index is 0.0821. The zero-order chi connectivity index (χ0) is 18.2. The summed E-state index contributed by atoms with van der Waals surface area (Å²) >= 11 is 1.63. The van der Waals surface area contributed by atoms with E-state index in [1.165, 1.54) is 56.7 Å². The zero-order valence-corrected chi connectivity index (χ0v) is 16.1. The van der Waals surface area contributed by atoms with Crippen molar-refractivity contribution < 1.29 is 10.2 Å². The highest BCUT2D eigenvalue weighted by atomic mass is 32.1. The summed E-state index contributed by atoms with van der Waals surface area (Å²) < 4.78 is 2.14. The molecule has 140 valence electrons. The molecule has 5 heteroatoms. The quantitative estimate of drug-likeness (QED) is 0.631. The molecule has 4 nitrogen and oxygen atoms in total. The summed E-state index contributed by atoms with van der Waals surface area (Å²) in [5.41, 5.74) is 3.24. The molecule has 2 N–H and O–H groups in total. The summed E-state index contributed by atoms with van der Waals surface area (Å²) in [5.74, 6) is 2.89. The lowest BCUT2D eigenvalue weighted by Crippen LogP contribution is -2.31. The zero-order valence-electron chi connectivity index (χ0n) is 15.3. The number of hydrogen-bond donors (Lipinski definition) is 2. The van der Waals surface area contributed by atoms with Gasteiger partial charge in [0.05, 0.1) is 11.4 Å². The van der Waals surface area contributed by atoms with Gasteiger partial charge >= 0.3 is 0 Å². The Balaban J connectivity index is 1.45. The van der Waals surface area contributed by atoms with Crippen molar-refractivity contribution in [1.29, 1.82) is 0 Å². The molecular weight excluding hydrogens is 356 g/mol. The normalized spacial score (nSPS) is 32.2. The molecule has 0 radical (unpaired) electrons. The Morgan fingerprint density at radius 1 is 1.11 bits per heavy atom. The third kappa shape index (κ3) is 2.30. The first kappa shape index (κ1) is 16.0. The second kappa shape index (κ2) is 5.51. The van der Waals surface area contributed by atoms with E-state index < -0.39 is 0 Å². The van der Waals surface area contributed by atoms with E-state index in [1.807, 2.05) is 5.38 Å². The predicted octanol–water partition coefficient (Wildman–Crippen LogP) is 5.33. The van der Waals surface area contributed by atoms with Crippen molar-refractivity contribution in [3.05, 3.63) is 35.5 Å². The first-order valence-electron chi connectivity index (χ1n) is 10.1. The number of hydrogen-bond acceptors (Lipinski definition) is 4. The Kier molecular flexibility index (Phi) is 3.26. The van der Waals surface area contributed by atoms with Crippen molar-refractivity contribution in [3.8, 4) is 22.8 Å². The smallest absolute Gasteiger partial charge is 0.194 e. The molecule has 0 spiro atoms. The summed E-state index contributed by atoms with van der Waals surface area (Å²) in [6.07, 6.45) is 11.9. The maximum absolute atomic E-state index is 10.3. The molecule has 0 amide bonds. The van der Waals surface area contributed by atoms with Crippen LogP contribution in [0.2, 0.25) is 0 Å². The molecule has 4 atom stereocenters. The summed E-state index contributed by atoms with van der Waals surface area (Å²) in [6.45, 7) is 0. The molecule has 3 aromatic rings. The molecule has 4 unspecified atom stereocenters. The molecule has 2 aromatic heterocycles. The number of thiazole rings is 1. The number of phenolic OH excluding ortho intramolecular Hbond substituents is 2. The van der Waals surface area contributed by atoms with Crippen molar-refractivity contribution >= 4 is 16.3 Å². The highest BCUT2D eigenvalue weighted by molar-refractivity contribution is 7.15. The molecule has 0 saturated heterocycles. The first-order valence-corrected chi connectivity index (χ1v) is 11.0. The lowest BCUT2D eigenvalue weighted by molar-refractivity contribution is 0.215. The number of phenols is 2. The van der Waals surface area contributed by atoms with E-state index in [9.17, 15) is 10.2 Å². The molecule has 3 fully saturated rings. The van der Waals surface area contributed by atoms with E-state index in [2.05, 4.69) is 10.6 Å². The van der Waals surface area contributed by atoms with Crippen LogP contribution in [0.25, 0.3) is 16.2 Å². The second-order valence-corrected chi connectivity index (χ2v) is 9.88. The third-order valence-corrected chi connectivity index (χ3v) is 8.32. The van der Waals surface area contributed by atoms with Gasteiger partial charge in [0.25, 0.3) is 0 Å². The number of aromatic nitrogens is 2. The highest BCUT2D eigenvalue weighted by Crippen LogP contribution is 2.60. The van der Waals surface area contributed by atoms with Crippen LogP contribution in [-0.4, -0.2) is 19.6 Å². The molecular formula is C22H24N2O2S. The van der Waals surface area contributed by atoms with Gasteiger partial charge < -0.3 is 10.2 Å². The van der Waals surface area contributed by atoms with Gasteiger partial charge in [0.1, 0.15) is 11.5 Å². The van der Waals surface area contributed by atoms with Crippen molar-refractivity contribution in [1.82, 2.24) is 9.38 Å². The number of benzene rings is 1. The van der Waals surface area contributed by atoms with Crippen LogP contribution in [0.15, 0.2) is 29.8 Å². The van der Waals surface area contributed by atoms with E-state index in [-0.39, 0.29) is 16.9 Å². The molecule has 3 aliphatic carbocycles. The van der Waals surface area contributed by atoms with E-state index in [1.54, 1.807) is 23.5 Å². The Morgan fingerprint density at radius 2 is 2.00 bits per heavy atom. The summed E-state index contributed by atoms with van der Waals surface area (Å²) in [5, 5.41) is 21.9. The summed E-state index contributed by atoms with van der Waals surface area (Å²) in [4.78, 5) is 6.08. The van der Waals surface area contributed by atoms with Gasteiger partial charge in [-0.05, 0) is 55.6 Å². The standard InChI is InChI=1S/C22H24N2O2S/c25-16-4-5-17(19(26)7-16)18-12-27-21-23-20(11-24(18)21)22-8-13-2-1-3-14(9-22)15(6-13)10-22/h4-5,7,11-15,25-26H,1-3,6,8-10H2. The van der Waals surface area contributed by atoms with Crippen LogP contribution in [0.4, 0.5) is 0 Å². The van der Waals surface area contributed by atoms with Crippen LogP contribution in [0.5, 0.6) is 11.5 Å². The SMILES string of the molecule is Oc1ccc(-c2csc3nc(C45CC6CCCC(C4)C(C6)C5)cn23)c(O)c1. The van der Waals surface area contributed by atoms with Crippen molar-refractivity contribution in [2.45, 2.75) is 50.4 Å². The predicted molar refractivity (Wildman–Crippen MR) is 106 cm³/mol. The molecule has 3 saturated carbocycles. The van der Waals surface area contributed by atoms with Gasteiger partial charge in [-0.15, -0.1) is 11.3 Å². The van der Waals surface area contributed by atoms with Gasteiger partial charge in [-0.2, -0.15) is 0 Å². The van der Waals surface area contributed by atoms with Crippen LogP contribution in [0, 0.1) is 17.8 Å². The average Bonchev–Trinajstić information content (AvgIpc) is 3.25.